The first-order valence-electron chi connectivity index (χ1n) is 9.08. The third-order valence-corrected chi connectivity index (χ3v) is 5.85. The molecule has 0 amide bonds. The predicted molar refractivity (Wildman–Crippen MR) is 97.5 cm³/mol. The standard InChI is InChI=1S/C20H22N4O/c1-13-19(14-5-8-24(13)9-6-14)25-20-22-11-17(12-23-20)15-2-3-18-16(10-15)4-7-21-18/h2-4,7,10-14,19,21H,5-6,8-9H2,1H3/t13-,19-/m0/s1. The van der Waals surface area contributed by atoms with E-state index < -0.39 is 0 Å². The number of aromatic nitrogens is 3. The van der Waals surface area contributed by atoms with Crippen molar-refractivity contribution in [3.8, 4) is 17.1 Å². The van der Waals surface area contributed by atoms with Crippen LogP contribution in [0.1, 0.15) is 19.8 Å². The zero-order valence-corrected chi connectivity index (χ0v) is 14.4. The SMILES string of the molecule is C[C@H]1[C@H](Oc2ncc(-c3ccc4[nH]ccc4c3)cn2)C2CCN1CC2. The van der Waals surface area contributed by atoms with E-state index in [9.17, 15) is 0 Å². The normalized spacial score (nSPS) is 28.4. The summed E-state index contributed by atoms with van der Waals surface area (Å²) < 4.78 is 6.18. The molecule has 3 saturated heterocycles. The molecule has 3 aliphatic rings. The van der Waals surface area contributed by atoms with Crippen LogP contribution in [0.2, 0.25) is 0 Å². The average molecular weight is 334 g/mol. The Morgan fingerprint density at radius 1 is 1.08 bits per heavy atom. The molecule has 0 radical (unpaired) electrons. The highest BCUT2D eigenvalue weighted by atomic mass is 16.5. The summed E-state index contributed by atoms with van der Waals surface area (Å²) in [4.78, 5) is 14.7. The van der Waals surface area contributed by atoms with Crippen LogP contribution in [-0.4, -0.2) is 45.1 Å². The van der Waals surface area contributed by atoms with Crippen LogP contribution < -0.4 is 4.74 Å². The lowest BCUT2D eigenvalue weighted by molar-refractivity contribution is -0.0544. The first-order valence-corrected chi connectivity index (χ1v) is 9.08. The number of nitrogens with one attached hydrogen (secondary N) is 1. The molecule has 5 nitrogen and oxygen atoms in total. The van der Waals surface area contributed by atoms with Gasteiger partial charge in [-0.2, -0.15) is 0 Å². The molecule has 1 aromatic carbocycles. The largest absolute Gasteiger partial charge is 0.458 e. The van der Waals surface area contributed by atoms with Crippen molar-refractivity contribution in [3.63, 3.8) is 0 Å². The topological polar surface area (TPSA) is 54.0 Å². The number of aromatic amines is 1. The highest BCUT2D eigenvalue weighted by molar-refractivity contribution is 5.84. The Morgan fingerprint density at radius 3 is 2.64 bits per heavy atom. The molecule has 3 aliphatic heterocycles. The van der Waals surface area contributed by atoms with E-state index in [4.69, 9.17) is 4.74 Å². The summed E-state index contributed by atoms with van der Waals surface area (Å²) in [6.07, 6.45) is 8.35. The molecule has 3 fully saturated rings. The fourth-order valence-corrected chi connectivity index (χ4v) is 4.33. The van der Waals surface area contributed by atoms with Crippen LogP contribution >= 0.6 is 0 Å². The second kappa shape index (κ2) is 5.85. The summed E-state index contributed by atoms with van der Waals surface area (Å²) in [5.74, 6) is 0.638. The van der Waals surface area contributed by atoms with Crippen molar-refractivity contribution >= 4 is 10.9 Å². The third-order valence-electron chi connectivity index (χ3n) is 5.85. The van der Waals surface area contributed by atoms with Crippen molar-refractivity contribution in [2.45, 2.75) is 31.9 Å². The van der Waals surface area contributed by atoms with Crippen molar-refractivity contribution in [2.75, 3.05) is 13.1 Å². The Hall–Kier alpha value is -2.40. The van der Waals surface area contributed by atoms with E-state index in [2.05, 4.69) is 51.0 Å². The second-order valence-electron chi connectivity index (χ2n) is 7.23. The zero-order valence-electron chi connectivity index (χ0n) is 14.4. The number of piperidine rings is 3. The number of hydrogen-bond acceptors (Lipinski definition) is 4. The molecule has 128 valence electrons. The van der Waals surface area contributed by atoms with Gasteiger partial charge in [0, 0.05) is 35.7 Å². The summed E-state index contributed by atoms with van der Waals surface area (Å²) in [6.45, 7) is 4.66. The predicted octanol–water partition coefficient (Wildman–Crippen LogP) is 3.49. The van der Waals surface area contributed by atoms with E-state index in [0.29, 0.717) is 18.0 Å². The highest BCUT2D eigenvalue weighted by Crippen LogP contribution is 2.34. The Labute approximate surface area is 147 Å². The zero-order chi connectivity index (χ0) is 16.8. The van der Waals surface area contributed by atoms with Crippen molar-refractivity contribution in [3.05, 3.63) is 42.9 Å². The van der Waals surface area contributed by atoms with Gasteiger partial charge in [0.25, 0.3) is 0 Å². The maximum atomic E-state index is 6.18. The minimum atomic E-state index is 0.213. The highest BCUT2D eigenvalue weighted by Gasteiger charge is 2.41. The molecular formula is C20H22N4O. The summed E-state index contributed by atoms with van der Waals surface area (Å²) in [5, 5.41) is 1.19. The molecule has 1 N–H and O–H groups in total. The van der Waals surface area contributed by atoms with Gasteiger partial charge >= 0.3 is 6.01 Å². The Morgan fingerprint density at radius 2 is 1.88 bits per heavy atom. The Bertz CT molecular complexity index is 878. The molecule has 2 aromatic heterocycles. The quantitative estimate of drug-likeness (QED) is 0.797. The summed E-state index contributed by atoms with van der Waals surface area (Å²) >= 11 is 0. The van der Waals surface area contributed by atoms with Gasteiger partial charge in [0.2, 0.25) is 0 Å². The van der Waals surface area contributed by atoms with Crippen LogP contribution in [0.15, 0.2) is 42.9 Å². The van der Waals surface area contributed by atoms with E-state index in [1.54, 1.807) is 0 Å². The van der Waals surface area contributed by atoms with E-state index in [-0.39, 0.29) is 6.10 Å². The van der Waals surface area contributed by atoms with Crippen molar-refractivity contribution in [1.29, 1.82) is 0 Å². The number of hydrogen-bond donors (Lipinski definition) is 1. The van der Waals surface area contributed by atoms with Gasteiger partial charge in [-0.25, -0.2) is 9.97 Å². The van der Waals surface area contributed by atoms with E-state index in [1.807, 2.05) is 18.6 Å². The van der Waals surface area contributed by atoms with Crippen molar-refractivity contribution in [1.82, 2.24) is 19.9 Å². The minimum absolute atomic E-state index is 0.213. The minimum Gasteiger partial charge on any atom is -0.458 e. The number of rotatable bonds is 3. The van der Waals surface area contributed by atoms with Gasteiger partial charge in [-0.15, -0.1) is 0 Å². The molecule has 0 saturated carbocycles. The fraction of sp³-hybridized carbons (Fsp3) is 0.400. The Balaban J connectivity index is 1.36. The van der Waals surface area contributed by atoms with Crippen LogP contribution in [0.4, 0.5) is 0 Å². The molecule has 25 heavy (non-hydrogen) atoms. The van der Waals surface area contributed by atoms with Crippen LogP contribution in [-0.2, 0) is 0 Å². The molecule has 2 atom stereocenters. The molecule has 6 rings (SSSR count). The fourth-order valence-electron chi connectivity index (χ4n) is 4.33. The Kier molecular flexibility index (Phi) is 3.48. The first kappa shape index (κ1) is 14.9. The monoisotopic (exact) mass is 334 g/mol. The first-order chi connectivity index (χ1) is 12.3. The van der Waals surface area contributed by atoms with Crippen molar-refractivity contribution in [2.24, 2.45) is 5.92 Å². The molecule has 3 aromatic rings. The van der Waals surface area contributed by atoms with Crippen LogP contribution in [0.25, 0.3) is 22.0 Å². The number of nitrogens with zero attached hydrogens (tertiary/aromatic N) is 3. The average Bonchev–Trinajstić information content (AvgIpc) is 3.13. The molecular weight excluding hydrogens is 312 g/mol. The van der Waals surface area contributed by atoms with E-state index >= 15 is 0 Å². The van der Waals surface area contributed by atoms with Crippen molar-refractivity contribution < 1.29 is 4.74 Å². The summed E-state index contributed by atoms with van der Waals surface area (Å²) in [6, 6.07) is 9.35. The second-order valence-corrected chi connectivity index (χ2v) is 7.23. The smallest absolute Gasteiger partial charge is 0.316 e. The van der Waals surface area contributed by atoms with E-state index in [1.165, 1.54) is 31.3 Å². The lowest BCUT2D eigenvalue weighted by Crippen LogP contribution is -2.58. The molecule has 5 heteroatoms. The molecule has 0 unspecified atom stereocenters. The van der Waals surface area contributed by atoms with Crippen LogP contribution in [0, 0.1) is 5.92 Å². The molecule has 0 aliphatic carbocycles. The van der Waals surface area contributed by atoms with Crippen LogP contribution in [0.3, 0.4) is 0 Å². The van der Waals surface area contributed by atoms with Gasteiger partial charge in [0.05, 0.1) is 0 Å². The van der Waals surface area contributed by atoms with Gasteiger partial charge in [-0.1, -0.05) is 6.07 Å². The molecule has 0 spiro atoms. The lowest BCUT2D eigenvalue weighted by Gasteiger charge is -2.48. The van der Waals surface area contributed by atoms with Gasteiger partial charge in [0.1, 0.15) is 6.10 Å². The number of benzene rings is 1. The molecule has 2 bridgehead atoms. The van der Waals surface area contributed by atoms with Crippen LogP contribution in [0.5, 0.6) is 6.01 Å². The maximum Gasteiger partial charge on any atom is 0.316 e. The maximum absolute atomic E-state index is 6.18. The number of fused-ring (bicyclic) bond motifs is 4. The summed E-state index contributed by atoms with van der Waals surface area (Å²) in [5.41, 5.74) is 3.27. The van der Waals surface area contributed by atoms with E-state index in [0.717, 1.165) is 16.6 Å². The lowest BCUT2D eigenvalue weighted by atomic mass is 9.81. The molecule has 5 heterocycles. The number of ether oxygens (including phenoxy) is 1. The summed E-state index contributed by atoms with van der Waals surface area (Å²) in [7, 11) is 0. The van der Waals surface area contributed by atoms with Gasteiger partial charge in [-0.3, -0.25) is 4.90 Å². The van der Waals surface area contributed by atoms with Gasteiger partial charge in [-0.05, 0) is 67.9 Å². The number of H-pyrrole nitrogens is 1. The van der Waals surface area contributed by atoms with Gasteiger partial charge < -0.3 is 9.72 Å². The third kappa shape index (κ3) is 2.59. The van der Waals surface area contributed by atoms with Gasteiger partial charge in [0.15, 0.2) is 0 Å².